The van der Waals surface area contributed by atoms with Crippen LogP contribution in [0.5, 0.6) is 0 Å². The van der Waals surface area contributed by atoms with Crippen molar-refractivity contribution in [3.05, 3.63) is 39.8 Å². The third kappa shape index (κ3) is 1.57. The number of allylic oxidation sites excluding steroid dienone is 1. The number of hydrogen-bond donors (Lipinski definition) is 0. The highest BCUT2D eigenvalue weighted by Crippen LogP contribution is 2.24. The van der Waals surface area contributed by atoms with E-state index in [2.05, 4.69) is 6.58 Å². The van der Waals surface area contributed by atoms with E-state index in [-0.39, 0.29) is 10.8 Å². The Balaban J connectivity index is 2.99. The zero-order chi connectivity index (χ0) is 9.14. The molecule has 0 aromatic carbocycles. The Kier molecular flexibility index (Phi) is 2.35. The summed E-state index contributed by atoms with van der Waals surface area (Å²) in [5, 5.41) is 10.2. The molecule has 0 amide bonds. The Morgan fingerprint density at radius 2 is 2.33 bits per heavy atom. The Morgan fingerprint density at radius 1 is 1.67 bits per heavy atom. The third-order valence-corrected chi connectivity index (χ3v) is 2.25. The van der Waals surface area contributed by atoms with Gasteiger partial charge in [0.1, 0.15) is 0 Å². The van der Waals surface area contributed by atoms with Crippen LogP contribution in [0.4, 0.5) is 5.00 Å². The molecule has 1 heterocycles. The van der Waals surface area contributed by atoms with Crippen LogP contribution in [-0.4, -0.2) is 10.7 Å². The summed E-state index contributed by atoms with van der Waals surface area (Å²) in [4.78, 5) is 20.9. The highest BCUT2D eigenvalue weighted by Gasteiger charge is 2.12. The van der Waals surface area contributed by atoms with Crippen LogP contribution in [0.2, 0.25) is 0 Å². The second-order valence-electron chi connectivity index (χ2n) is 1.96. The fraction of sp³-hybridized carbons (Fsp3) is 0. The first-order chi connectivity index (χ1) is 5.65. The molecular weight excluding hydrogens is 178 g/mol. The van der Waals surface area contributed by atoms with Crippen LogP contribution in [-0.2, 0) is 0 Å². The molecule has 1 aromatic rings. The van der Waals surface area contributed by atoms with Crippen LogP contribution in [0, 0.1) is 10.1 Å². The largest absolute Gasteiger partial charge is 0.324 e. The summed E-state index contributed by atoms with van der Waals surface area (Å²) in [5.41, 5.74) is 0. The van der Waals surface area contributed by atoms with Crippen LogP contribution in [0.1, 0.15) is 9.67 Å². The average Bonchev–Trinajstić information content (AvgIpc) is 2.51. The van der Waals surface area contributed by atoms with E-state index in [1.165, 1.54) is 12.1 Å². The van der Waals surface area contributed by atoms with Crippen LogP contribution >= 0.6 is 11.3 Å². The van der Waals surface area contributed by atoms with E-state index in [0.717, 1.165) is 17.4 Å². The van der Waals surface area contributed by atoms with E-state index in [1.807, 2.05) is 0 Å². The van der Waals surface area contributed by atoms with E-state index in [9.17, 15) is 14.9 Å². The van der Waals surface area contributed by atoms with Gasteiger partial charge in [-0.05, 0) is 12.1 Å². The fourth-order valence-corrected chi connectivity index (χ4v) is 1.41. The van der Waals surface area contributed by atoms with Crippen molar-refractivity contribution in [1.29, 1.82) is 0 Å². The molecule has 0 atom stereocenters. The van der Waals surface area contributed by atoms with Crippen LogP contribution < -0.4 is 0 Å². The zero-order valence-corrected chi connectivity index (χ0v) is 6.84. The molecule has 0 saturated carbocycles. The van der Waals surface area contributed by atoms with Gasteiger partial charge in [0.25, 0.3) is 0 Å². The summed E-state index contributed by atoms with van der Waals surface area (Å²) in [7, 11) is 0. The van der Waals surface area contributed by atoms with Gasteiger partial charge in [0.2, 0.25) is 0 Å². The van der Waals surface area contributed by atoms with Gasteiger partial charge in [-0.2, -0.15) is 0 Å². The first-order valence-electron chi connectivity index (χ1n) is 3.06. The summed E-state index contributed by atoms with van der Waals surface area (Å²) in [6, 6.07) is 2.73. The molecule has 0 aliphatic rings. The Bertz CT molecular complexity index is 342. The Morgan fingerprint density at radius 3 is 2.75 bits per heavy atom. The number of nitro groups is 1. The van der Waals surface area contributed by atoms with Gasteiger partial charge < -0.3 is 0 Å². The van der Waals surface area contributed by atoms with Gasteiger partial charge >= 0.3 is 5.00 Å². The molecule has 12 heavy (non-hydrogen) atoms. The second kappa shape index (κ2) is 3.27. The smallest absolute Gasteiger partial charge is 0.288 e. The average molecular weight is 183 g/mol. The number of nitrogens with zero attached hydrogens (tertiary/aromatic N) is 1. The van der Waals surface area contributed by atoms with Gasteiger partial charge in [-0.1, -0.05) is 17.9 Å². The summed E-state index contributed by atoms with van der Waals surface area (Å²) in [6.07, 6.45) is 1.13. The molecule has 4 nitrogen and oxygen atoms in total. The number of carbonyl (C=O) groups is 1. The van der Waals surface area contributed by atoms with Gasteiger partial charge in [-0.25, -0.2) is 0 Å². The van der Waals surface area contributed by atoms with Gasteiger partial charge in [0, 0.05) is 6.07 Å². The number of thiophene rings is 1. The van der Waals surface area contributed by atoms with Crippen molar-refractivity contribution >= 4 is 22.1 Å². The first-order valence-corrected chi connectivity index (χ1v) is 3.88. The molecule has 62 valence electrons. The van der Waals surface area contributed by atoms with E-state index < -0.39 is 4.92 Å². The van der Waals surface area contributed by atoms with Crippen LogP contribution in [0.3, 0.4) is 0 Å². The monoisotopic (exact) mass is 183 g/mol. The number of ketones is 1. The normalized spacial score (nSPS) is 9.33. The molecule has 0 bridgehead atoms. The Hall–Kier alpha value is -1.49. The van der Waals surface area contributed by atoms with E-state index in [4.69, 9.17) is 0 Å². The topological polar surface area (TPSA) is 60.2 Å². The van der Waals surface area contributed by atoms with Crippen molar-refractivity contribution in [3.8, 4) is 0 Å². The lowest BCUT2D eigenvalue weighted by Gasteiger charge is -1.83. The van der Waals surface area contributed by atoms with Gasteiger partial charge in [0.05, 0.1) is 9.80 Å². The minimum atomic E-state index is -0.523. The molecule has 0 saturated heterocycles. The molecule has 5 heteroatoms. The predicted octanol–water partition coefficient (Wildman–Crippen LogP) is 2.02. The van der Waals surface area contributed by atoms with Crippen molar-refractivity contribution in [2.24, 2.45) is 0 Å². The lowest BCUT2D eigenvalue weighted by molar-refractivity contribution is -0.380. The van der Waals surface area contributed by atoms with Gasteiger partial charge in [-0.3, -0.25) is 14.9 Å². The maximum atomic E-state index is 10.9. The molecule has 0 fully saturated rings. The molecule has 0 aliphatic heterocycles. The van der Waals surface area contributed by atoms with Crippen molar-refractivity contribution in [2.45, 2.75) is 0 Å². The summed E-state index contributed by atoms with van der Waals surface area (Å²) in [5.74, 6) is -0.284. The number of rotatable bonds is 3. The molecule has 0 N–H and O–H groups in total. The number of hydrogen-bond acceptors (Lipinski definition) is 4. The van der Waals surface area contributed by atoms with Crippen LogP contribution in [0.25, 0.3) is 0 Å². The van der Waals surface area contributed by atoms with E-state index >= 15 is 0 Å². The predicted molar refractivity (Wildman–Crippen MR) is 45.5 cm³/mol. The molecular formula is C7H5NO3S. The minimum absolute atomic E-state index is 0.0276. The third-order valence-electron chi connectivity index (χ3n) is 1.20. The standard InChI is InChI=1S/C7H5NO3S/c1-2-5(9)6-3-4-7(12-6)8(10)11/h2-4H,1H2. The highest BCUT2D eigenvalue weighted by atomic mass is 32.1. The molecule has 0 radical (unpaired) electrons. The maximum Gasteiger partial charge on any atom is 0.324 e. The van der Waals surface area contributed by atoms with E-state index in [0.29, 0.717) is 4.88 Å². The maximum absolute atomic E-state index is 10.9. The first kappa shape index (κ1) is 8.61. The summed E-state index contributed by atoms with van der Waals surface area (Å²) in [6.45, 7) is 3.28. The molecule has 0 aliphatic carbocycles. The molecule has 1 aromatic heterocycles. The molecule has 1 rings (SSSR count). The van der Waals surface area contributed by atoms with Crippen molar-refractivity contribution in [3.63, 3.8) is 0 Å². The minimum Gasteiger partial charge on any atom is -0.288 e. The van der Waals surface area contributed by atoms with E-state index in [1.54, 1.807) is 0 Å². The number of carbonyl (C=O) groups excluding carboxylic acids is 1. The van der Waals surface area contributed by atoms with Gasteiger partial charge in [-0.15, -0.1) is 0 Å². The quantitative estimate of drug-likeness (QED) is 0.312. The van der Waals surface area contributed by atoms with Crippen LogP contribution in [0.15, 0.2) is 24.8 Å². The second-order valence-corrected chi connectivity index (χ2v) is 3.03. The lowest BCUT2D eigenvalue weighted by atomic mass is 10.3. The van der Waals surface area contributed by atoms with Crippen molar-refractivity contribution < 1.29 is 9.72 Å². The summed E-state index contributed by atoms with van der Waals surface area (Å²) < 4.78 is 0. The fourth-order valence-electron chi connectivity index (χ4n) is 0.659. The molecule has 0 unspecified atom stereocenters. The van der Waals surface area contributed by atoms with Gasteiger partial charge in [0.15, 0.2) is 5.78 Å². The summed E-state index contributed by atoms with van der Waals surface area (Å²) >= 11 is 0.854. The van der Waals surface area contributed by atoms with Crippen molar-refractivity contribution in [2.75, 3.05) is 0 Å². The van der Waals surface area contributed by atoms with Crippen molar-refractivity contribution in [1.82, 2.24) is 0 Å². The zero-order valence-electron chi connectivity index (χ0n) is 6.02. The Labute approximate surface area is 72.3 Å². The highest BCUT2D eigenvalue weighted by molar-refractivity contribution is 7.17. The lowest BCUT2D eigenvalue weighted by Crippen LogP contribution is -1.86. The SMILES string of the molecule is C=CC(=O)c1ccc([N+](=O)[O-])s1. The molecule has 0 spiro atoms.